The molecule has 2 aliphatic rings. The molecule has 0 N–H and O–H groups in total. The molecule has 1 aliphatic heterocycles. The van der Waals surface area contributed by atoms with Gasteiger partial charge in [-0.05, 0) is 44.4 Å². The first kappa shape index (κ1) is 13.3. The molecule has 0 bridgehead atoms. The van der Waals surface area contributed by atoms with Crippen LogP contribution in [0.15, 0.2) is 23.1 Å². The van der Waals surface area contributed by atoms with Crippen molar-refractivity contribution >= 4 is 5.91 Å². The first-order valence-corrected chi connectivity index (χ1v) is 7.57. The van der Waals surface area contributed by atoms with Gasteiger partial charge in [0.25, 0.3) is 0 Å². The molecule has 20 heavy (non-hydrogen) atoms. The molecular formula is C15H21N3O2. The van der Waals surface area contributed by atoms with Crippen molar-refractivity contribution in [2.45, 2.75) is 51.0 Å². The van der Waals surface area contributed by atoms with Crippen LogP contribution in [0.2, 0.25) is 0 Å². The largest absolute Gasteiger partial charge is 0.343 e. The summed E-state index contributed by atoms with van der Waals surface area (Å²) in [6.07, 6.45) is 13.0. The minimum absolute atomic E-state index is 0.00238. The molecule has 5 nitrogen and oxygen atoms in total. The summed E-state index contributed by atoms with van der Waals surface area (Å²) in [7, 11) is 0. The number of carbonyl (C=O) groups is 1. The molecule has 1 aromatic rings. The summed E-state index contributed by atoms with van der Waals surface area (Å²) in [5.41, 5.74) is 0. The van der Waals surface area contributed by atoms with Crippen LogP contribution in [0, 0.1) is 5.92 Å². The first-order chi connectivity index (χ1) is 9.84. The van der Waals surface area contributed by atoms with Crippen molar-refractivity contribution in [2.75, 3.05) is 6.54 Å². The standard InChI is InChI=1S/C15H21N3O2/c19-14(10-12-6-2-1-3-7-12)18-9-5-4-8-13(18)15-16-11-20-17-15/h2,6,11-13H,1,3-5,7-10H2/t12-,13-/m1/s1. The van der Waals surface area contributed by atoms with E-state index in [2.05, 4.69) is 22.3 Å². The second-order valence-electron chi connectivity index (χ2n) is 5.71. The Kier molecular flexibility index (Phi) is 4.14. The van der Waals surface area contributed by atoms with E-state index >= 15 is 0 Å². The summed E-state index contributed by atoms with van der Waals surface area (Å²) in [6, 6.07) is 0.00238. The average molecular weight is 275 g/mol. The van der Waals surface area contributed by atoms with Crippen molar-refractivity contribution < 1.29 is 9.32 Å². The number of hydrogen-bond acceptors (Lipinski definition) is 4. The fourth-order valence-corrected chi connectivity index (χ4v) is 3.22. The van der Waals surface area contributed by atoms with Gasteiger partial charge in [0.15, 0.2) is 5.82 Å². The molecule has 3 rings (SSSR count). The van der Waals surface area contributed by atoms with Crippen LogP contribution in [0.4, 0.5) is 0 Å². The zero-order valence-corrected chi connectivity index (χ0v) is 11.7. The van der Waals surface area contributed by atoms with Crippen LogP contribution in [0.5, 0.6) is 0 Å². The van der Waals surface area contributed by atoms with Gasteiger partial charge in [-0.15, -0.1) is 0 Å². The number of piperidine rings is 1. The zero-order chi connectivity index (χ0) is 13.8. The van der Waals surface area contributed by atoms with E-state index in [4.69, 9.17) is 4.52 Å². The second-order valence-corrected chi connectivity index (χ2v) is 5.71. The van der Waals surface area contributed by atoms with Crippen molar-refractivity contribution in [2.24, 2.45) is 5.92 Å². The molecule has 1 saturated heterocycles. The maximum atomic E-state index is 12.6. The number of hydrogen-bond donors (Lipinski definition) is 0. The van der Waals surface area contributed by atoms with E-state index in [9.17, 15) is 4.79 Å². The highest BCUT2D eigenvalue weighted by molar-refractivity contribution is 5.77. The van der Waals surface area contributed by atoms with Crippen LogP contribution >= 0.6 is 0 Å². The summed E-state index contributed by atoms with van der Waals surface area (Å²) >= 11 is 0. The third-order valence-electron chi connectivity index (χ3n) is 4.29. The van der Waals surface area contributed by atoms with Crippen molar-refractivity contribution in [3.8, 4) is 0 Å². The van der Waals surface area contributed by atoms with Gasteiger partial charge < -0.3 is 9.42 Å². The predicted molar refractivity (Wildman–Crippen MR) is 73.7 cm³/mol. The van der Waals surface area contributed by atoms with Gasteiger partial charge in [-0.2, -0.15) is 4.98 Å². The number of aromatic nitrogens is 2. The Balaban J connectivity index is 1.67. The van der Waals surface area contributed by atoms with Crippen LogP contribution < -0.4 is 0 Å². The highest BCUT2D eigenvalue weighted by atomic mass is 16.5. The molecular weight excluding hydrogens is 254 g/mol. The molecule has 2 heterocycles. The fourth-order valence-electron chi connectivity index (χ4n) is 3.22. The number of nitrogens with zero attached hydrogens (tertiary/aromatic N) is 3. The topological polar surface area (TPSA) is 59.2 Å². The van der Waals surface area contributed by atoms with Crippen molar-refractivity contribution in [1.29, 1.82) is 0 Å². The molecule has 1 amide bonds. The number of amides is 1. The van der Waals surface area contributed by atoms with Gasteiger partial charge in [-0.1, -0.05) is 17.3 Å². The average Bonchev–Trinajstić information content (AvgIpc) is 3.02. The van der Waals surface area contributed by atoms with E-state index in [0.717, 1.165) is 38.6 Å². The Labute approximate surface area is 119 Å². The van der Waals surface area contributed by atoms with E-state index in [0.29, 0.717) is 18.2 Å². The summed E-state index contributed by atoms with van der Waals surface area (Å²) < 4.78 is 4.84. The lowest BCUT2D eigenvalue weighted by atomic mass is 9.91. The molecule has 0 aromatic carbocycles. The van der Waals surface area contributed by atoms with Crippen LogP contribution in [0.1, 0.15) is 56.8 Å². The quantitative estimate of drug-likeness (QED) is 0.796. The van der Waals surface area contributed by atoms with Crippen molar-refractivity contribution in [1.82, 2.24) is 15.0 Å². The van der Waals surface area contributed by atoms with E-state index in [-0.39, 0.29) is 11.9 Å². The molecule has 5 heteroatoms. The highest BCUT2D eigenvalue weighted by Crippen LogP contribution is 2.31. The van der Waals surface area contributed by atoms with Gasteiger partial charge >= 0.3 is 0 Å². The van der Waals surface area contributed by atoms with Crippen LogP contribution in [0.25, 0.3) is 0 Å². The van der Waals surface area contributed by atoms with Crippen LogP contribution in [0.3, 0.4) is 0 Å². The van der Waals surface area contributed by atoms with Crippen molar-refractivity contribution in [3.63, 3.8) is 0 Å². The Morgan fingerprint density at radius 3 is 3.05 bits per heavy atom. The third kappa shape index (κ3) is 2.92. The molecule has 0 radical (unpaired) electrons. The molecule has 1 aromatic heterocycles. The van der Waals surface area contributed by atoms with Gasteiger partial charge in [0.05, 0.1) is 6.04 Å². The predicted octanol–water partition coefficient (Wildman–Crippen LogP) is 2.87. The normalized spacial score (nSPS) is 26.7. The Morgan fingerprint density at radius 2 is 2.30 bits per heavy atom. The van der Waals surface area contributed by atoms with E-state index in [1.54, 1.807) is 0 Å². The second kappa shape index (κ2) is 6.20. The summed E-state index contributed by atoms with van der Waals surface area (Å²) in [5.74, 6) is 1.29. The smallest absolute Gasteiger partial charge is 0.223 e. The SMILES string of the molecule is O=C(C[C@@H]1C=CCCC1)N1CCCC[C@@H]1c1ncon1. The van der Waals surface area contributed by atoms with Gasteiger partial charge in [-0.3, -0.25) is 4.79 Å². The van der Waals surface area contributed by atoms with Gasteiger partial charge in [-0.25, -0.2) is 0 Å². The third-order valence-corrected chi connectivity index (χ3v) is 4.29. The Morgan fingerprint density at radius 1 is 1.35 bits per heavy atom. The van der Waals surface area contributed by atoms with E-state index in [1.807, 2.05) is 4.90 Å². The number of allylic oxidation sites excluding steroid dienone is 2. The Hall–Kier alpha value is -1.65. The van der Waals surface area contributed by atoms with Gasteiger partial charge in [0.2, 0.25) is 12.3 Å². The molecule has 1 fully saturated rings. The van der Waals surface area contributed by atoms with Crippen LogP contribution in [-0.2, 0) is 4.79 Å². The fraction of sp³-hybridized carbons (Fsp3) is 0.667. The monoisotopic (exact) mass is 275 g/mol. The maximum Gasteiger partial charge on any atom is 0.223 e. The van der Waals surface area contributed by atoms with E-state index < -0.39 is 0 Å². The number of carbonyl (C=O) groups excluding carboxylic acids is 1. The lowest BCUT2D eigenvalue weighted by Gasteiger charge is -2.34. The molecule has 0 spiro atoms. The van der Waals surface area contributed by atoms with Crippen molar-refractivity contribution in [3.05, 3.63) is 24.4 Å². The molecule has 0 saturated carbocycles. The maximum absolute atomic E-state index is 12.6. The van der Waals surface area contributed by atoms with Crippen LogP contribution in [-0.4, -0.2) is 27.5 Å². The van der Waals surface area contributed by atoms with E-state index in [1.165, 1.54) is 12.8 Å². The van der Waals surface area contributed by atoms with Gasteiger partial charge in [0.1, 0.15) is 0 Å². The zero-order valence-electron chi connectivity index (χ0n) is 11.7. The lowest BCUT2D eigenvalue weighted by Crippen LogP contribution is -2.39. The molecule has 108 valence electrons. The minimum atomic E-state index is 0.00238. The molecule has 1 aliphatic carbocycles. The Bertz CT molecular complexity index is 469. The summed E-state index contributed by atoms with van der Waals surface area (Å²) in [6.45, 7) is 0.814. The lowest BCUT2D eigenvalue weighted by molar-refractivity contribution is -0.136. The number of likely N-dealkylation sites (tertiary alicyclic amines) is 1. The van der Waals surface area contributed by atoms with Gasteiger partial charge in [0, 0.05) is 13.0 Å². The first-order valence-electron chi connectivity index (χ1n) is 7.57. The highest BCUT2D eigenvalue weighted by Gasteiger charge is 2.31. The molecule has 2 atom stereocenters. The minimum Gasteiger partial charge on any atom is -0.343 e. The summed E-state index contributed by atoms with van der Waals surface area (Å²) in [5, 5.41) is 3.93. The molecule has 0 unspecified atom stereocenters. The summed E-state index contributed by atoms with van der Waals surface area (Å²) in [4.78, 5) is 18.7. The number of rotatable bonds is 3.